The summed E-state index contributed by atoms with van der Waals surface area (Å²) in [5, 5.41) is 5.10. The van der Waals surface area contributed by atoms with Crippen molar-refractivity contribution in [2.75, 3.05) is 0 Å². The quantitative estimate of drug-likeness (QED) is 0.372. The van der Waals surface area contributed by atoms with Crippen LogP contribution in [0.15, 0.2) is 64.4 Å². The lowest BCUT2D eigenvalue weighted by molar-refractivity contribution is 0.0962. The molecule has 1 aliphatic rings. The van der Waals surface area contributed by atoms with Gasteiger partial charge in [-0.25, -0.2) is 13.9 Å². The first-order chi connectivity index (χ1) is 14.5. The fraction of sp³-hybridized carbons (Fsp3) is 0.182. The molecule has 5 nitrogen and oxygen atoms in total. The maximum Gasteiger partial charge on any atom is 0.253 e. The summed E-state index contributed by atoms with van der Waals surface area (Å²) in [4.78, 5) is 21.9. The molecule has 0 spiro atoms. The molecule has 0 unspecified atom stereocenters. The van der Waals surface area contributed by atoms with Crippen molar-refractivity contribution in [2.24, 2.45) is 0 Å². The van der Waals surface area contributed by atoms with Crippen LogP contribution in [0.1, 0.15) is 39.5 Å². The highest BCUT2D eigenvalue weighted by atomic mass is 79.9. The van der Waals surface area contributed by atoms with E-state index in [0.29, 0.717) is 29.3 Å². The number of nitrogens with zero attached hydrogens (tertiary/aromatic N) is 4. The van der Waals surface area contributed by atoms with E-state index in [1.165, 1.54) is 29.5 Å². The van der Waals surface area contributed by atoms with Crippen molar-refractivity contribution >= 4 is 39.3 Å². The normalized spacial score (nSPS) is 16.1. The highest BCUT2D eigenvalue weighted by Gasteiger charge is 2.28. The summed E-state index contributed by atoms with van der Waals surface area (Å²) in [5.41, 5.74) is 3.44. The van der Waals surface area contributed by atoms with E-state index in [4.69, 9.17) is 0 Å². The first-order valence-corrected chi connectivity index (χ1v) is 11.3. The van der Waals surface area contributed by atoms with Crippen LogP contribution in [0, 0.1) is 5.82 Å². The zero-order valence-corrected chi connectivity index (χ0v) is 18.2. The average molecular weight is 483 g/mol. The Kier molecular flexibility index (Phi) is 5.12. The number of ketones is 1. The topological polar surface area (TPSA) is 60.2 Å². The molecule has 0 saturated heterocycles. The van der Waals surface area contributed by atoms with E-state index in [0.717, 1.165) is 21.5 Å². The third kappa shape index (κ3) is 3.89. The smallest absolute Gasteiger partial charge is 0.253 e. The third-order valence-corrected chi connectivity index (χ3v) is 6.62. The van der Waals surface area contributed by atoms with E-state index in [9.17, 15) is 9.18 Å². The molecule has 0 amide bonds. The van der Waals surface area contributed by atoms with Crippen molar-refractivity contribution in [2.45, 2.75) is 29.7 Å². The van der Waals surface area contributed by atoms with E-state index in [-0.39, 0.29) is 17.5 Å². The van der Waals surface area contributed by atoms with E-state index < -0.39 is 0 Å². The number of Topliss-reactive ketones (excluding diaryl/α,β-unsaturated/α-hetero) is 1. The molecule has 0 N–H and O–H groups in total. The SMILES string of the molecule is O=C1C[C@@H](c2ccc(F)cc2)Cc2nc3nc(SCc4ccc(Br)cc4)nn3cc21. The van der Waals surface area contributed by atoms with Gasteiger partial charge in [0.25, 0.3) is 5.78 Å². The highest BCUT2D eigenvalue weighted by Crippen LogP contribution is 2.32. The van der Waals surface area contributed by atoms with Crippen molar-refractivity contribution in [1.82, 2.24) is 19.6 Å². The summed E-state index contributed by atoms with van der Waals surface area (Å²) < 4.78 is 15.9. The van der Waals surface area contributed by atoms with Gasteiger partial charge in [-0.15, -0.1) is 5.10 Å². The number of carbonyl (C=O) groups is 1. The molecule has 0 bridgehead atoms. The van der Waals surface area contributed by atoms with Gasteiger partial charge in [-0.1, -0.05) is 52.0 Å². The van der Waals surface area contributed by atoms with Gasteiger partial charge in [-0.2, -0.15) is 4.98 Å². The molecule has 0 fully saturated rings. The van der Waals surface area contributed by atoms with Crippen molar-refractivity contribution < 1.29 is 9.18 Å². The number of aromatic nitrogens is 4. The van der Waals surface area contributed by atoms with Crippen LogP contribution < -0.4 is 0 Å². The van der Waals surface area contributed by atoms with Crippen LogP contribution in [0.3, 0.4) is 0 Å². The largest absolute Gasteiger partial charge is 0.294 e. The summed E-state index contributed by atoms with van der Waals surface area (Å²) >= 11 is 4.97. The molecule has 1 atom stereocenters. The Labute approximate surface area is 184 Å². The van der Waals surface area contributed by atoms with Gasteiger partial charge < -0.3 is 0 Å². The molecule has 2 aromatic heterocycles. The predicted octanol–water partition coefficient (Wildman–Crippen LogP) is 5.23. The molecule has 30 heavy (non-hydrogen) atoms. The Morgan fingerprint density at radius 2 is 1.83 bits per heavy atom. The second-order valence-corrected chi connectivity index (χ2v) is 9.09. The first kappa shape index (κ1) is 19.4. The second kappa shape index (κ2) is 7.92. The Bertz CT molecular complexity index is 1240. The van der Waals surface area contributed by atoms with Gasteiger partial charge in [0.15, 0.2) is 5.78 Å². The molecule has 0 radical (unpaired) electrons. The van der Waals surface area contributed by atoms with Crippen LogP contribution in [-0.4, -0.2) is 25.4 Å². The van der Waals surface area contributed by atoms with E-state index in [2.05, 4.69) is 43.1 Å². The molecule has 4 aromatic rings. The molecule has 2 aromatic carbocycles. The standard InChI is InChI=1S/C22H16BrFN4OS/c23-16-5-1-13(2-6-16)12-30-22-26-21-25-19-9-15(14-3-7-17(24)8-4-14)10-20(29)18(19)11-28(21)27-22/h1-8,11,15H,9-10,12H2/t15-/m0/s1. The number of halogens is 2. The minimum atomic E-state index is -0.280. The molecule has 2 heterocycles. The number of rotatable bonds is 4. The summed E-state index contributed by atoms with van der Waals surface area (Å²) in [6, 6.07) is 14.5. The van der Waals surface area contributed by atoms with Crippen LogP contribution >= 0.6 is 27.7 Å². The summed E-state index contributed by atoms with van der Waals surface area (Å²) in [6.07, 6.45) is 2.74. The number of hydrogen-bond donors (Lipinski definition) is 0. The van der Waals surface area contributed by atoms with Crippen molar-refractivity contribution in [3.8, 4) is 0 Å². The molecular weight excluding hydrogens is 467 g/mol. The first-order valence-electron chi connectivity index (χ1n) is 9.47. The fourth-order valence-corrected chi connectivity index (χ4v) is 4.67. The lowest BCUT2D eigenvalue weighted by atomic mass is 9.82. The summed E-state index contributed by atoms with van der Waals surface area (Å²) in [6.45, 7) is 0. The number of carbonyl (C=O) groups excluding carboxylic acids is 1. The van der Waals surface area contributed by atoms with Crippen LogP contribution in [0.5, 0.6) is 0 Å². The second-order valence-electron chi connectivity index (χ2n) is 7.24. The summed E-state index contributed by atoms with van der Waals surface area (Å²) in [7, 11) is 0. The maximum atomic E-state index is 13.2. The van der Waals surface area contributed by atoms with Gasteiger partial charge >= 0.3 is 0 Å². The number of thioether (sulfide) groups is 1. The van der Waals surface area contributed by atoms with Crippen molar-refractivity contribution in [3.05, 3.63) is 87.4 Å². The molecule has 0 saturated carbocycles. The molecule has 8 heteroatoms. The minimum Gasteiger partial charge on any atom is -0.294 e. The van der Waals surface area contributed by atoms with Gasteiger partial charge in [-0.3, -0.25) is 4.79 Å². The number of fused-ring (bicyclic) bond motifs is 2. The summed E-state index contributed by atoms with van der Waals surface area (Å²) in [5.74, 6) is 0.974. The predicted molar refractivity (Wildman–Crippen MR) is 116 cm³/mol. The van der Waals surface area contributed by atoms with Gasteiger partial charge in [0.05, 0.1) is 11.3 Å². The molecular formula is C22H16BrFN4OS. The molecule has 0 aliphatic heterocycles. The zero-order valence-electron chi connectivity index (χ0n) is 15.8. The van der Waals surface area contributed by atoms with E-state index in [1.807, 2.05) is 12.1 Å². The van der Waals surface area contributed by atoms with Gasteiger partial charge in [0.2, 0.25) is 5.16 Å². The number of hydrogen-bond acceptors (Lipinski definition) is 5. The molecule has 5 rings (SSSR count). The molecule has 1 aliphatic carbocycles. The Hall–Kier alpha value is -2.58. The fourth-order valence-electron chi connectivity index (χ4n) is 3.62. The Morgan fingerprint density at radius 1 is 1.07 bits per heavy atom. The highest BCUT2D eigenvalue weighted by molar-refractivity contribution is 9.10. The van der Waals surface area contributed by atoms with Crippen LogP contribution in [-0.2, 0) is 12.2 Å². The monoisotopic (exact) mass is 482 g/mol. The Morgan fingerprint density at radius 3 is 2.60 bits per heavy atom. The van der Waals surface area contributed by atoms with Crippen LogP contribution in [0.25, 0.3) is 5.78 Å². The third-order valence-electron chi connectivity index (χ3n) is 5.19. The maximum absolute atomic E-state index is 13.2. The zero-order chi connectivity index (χ0) is 20.7. The lowest BCUT2D eigenvalue weighted by Crippen LogP contribution is -2.21. The van der Waals surface area contributed by atoms with Crippen molar-refractivity contribution in [1.29, 1.82) is 0 Å². The Balaban J connectivity index is 1.39. The lowest BCUT2D eigenvalue weighted by Gasteiger charge is -2.23. The minimum absolute atomic E-state index is 0.00489. The van der Waals surface area contributed by atoms with Gasteiger partial charge in [-0.05, 0) is 47.7 Å². The van der Waals surface area contributed by atoms with Crippen molar-refractivity contribution in [3.63, 3.8) is 0 Å². The number of benzene rings is 2. The van der Waals surface area contributed by atoms with Crippen LogP contribution in [0.4, 0.5) is 4.39 Å². The van der Waals surface area contributed by atoms with E-state index in [1.54, 1.807) is 22.8 Å². The van der Waals surface area contributed by atoms with E-state index >= 15 is 0 Å². The molecule has 150 valence electrons. The van der Waals surface area contributed by atoms with Gasteiger partial charge in [0.1, 0.15) is 5.82 Å². The average Bonchev–Trinajstić information content (AvgIpc) is 3.14. The van der Waals surface area contributed by atoms with Crippen LogP contribution in [0.2, 0.25) is 0 Å². The van der Waals surface area contributed by atoms with Gasteiger partial charge in [0, 0.05) is 22.8 Å².